The second-order valence-corrected chi connectivity index (χ2v) is 6.89. The normalized spacial score (nSPS) is 13.7. The van der Waals surface area contributed by atoms with Gasteiger partial charge < -0.3 is 15.2 Å². The number of carbonyl (C=O) groups is 1. The maximum Gasteiger partial charge on any atom is 0.357 e. The van der Waals surface area contributed by atoms with Gasteiger partial charge in [0.1, 0.15) is 5.75 Å². The molecule has 0 atom stereocenters. The highest BCUT2D eigenvalue weighted by Gasteiger charge is 2.24. The molecule has 0 bridgehead atoms. The SMILES string of the molecule is CCNCc1c(OCC2CC2)ccc(Br)c1-c1ccnnc1C(=O)O. The zero-order valence-electron chi connectivity index (χ0n) is 14.0. The number of nitrogens with one attached hydrogen (secondary N) is 1. The lowest BCUT2D eigenvalue weighted by Gasteiger charge is -2.18. The van der Waals surface area contributed by atoms with E-state index < -0.39 is 5.97 Å². The minimum absolute atomic E-state index is 0.0692. The van der Waals surface area contributed by atoms with Crippen molar-refractivity contribution < 1.29 is 14.6 Å². The Kier molecular flexibility index (Phi) is 5.65. The molecule has 1 aromatic carbocycles. The molecule has 132 valence electrons. The third kappa shape index (κ3) is 4.16. The van der Waals surface area contributed by atoms with E-state index in [4.69, 9.17) is 4.74 Å². The average Bonchev–Trinajstić information content (AvgIpc) is 3.43. The maximum atomic E-state index is 11.6. The number of hydrogen-bond acceptors (Lipinski definition) is 5. The molecule has 0 saturated heterocycles. The second kappa shape index (κ2) is 7.93. The Morgan fingerprint density at radius 3 is 2.88 bits per heavy atom. The van der Waals surface area contributed by atoms with Gasteiger partial charge in [0.15, 0.2) is 5.69 Å². The first-order valence-corrected chi connectivity index (χ1v) is 9.11. The van der Waals surface area contributed by atoms with E-state index in [9.17, 15) is 9.90 Å². The number of aromatic carboxylic acids is 1. The Bertz CT molecular complexity index is 778. The molecule has 0 unspecified atom stereocenters. The quantitative estimate of drug-likeness (QED) is 0.698. The number of nitrogens with zero attached hydrogens (tertiary/aromatic N) is 2. The Morgan fingerprint density at radius 2 is 2.20 bits per heavy atom. The predicted molar refractivity (Wildman–Crippen MR) is 97.7 cm³/mol. The van der Waals surface area contributed by atoms with Gasteiger partial charge in [-0.25, -0.2) is 4.79 Å². The van der Waals surface area contributed by atoms with E-state index in [1.54, 1.807) is 6.07 Å². The molecule has 2 aromatic rings. The number of halogens is 1. The van der Waals surface area contributed by atoms with Crippen molar-refractivity contribution in [3.05, 3.63) is 40.1 Å². The summed E-state index contributed by atoms with van der Waals surface area (Å²) in [6.45, 7) is 4.10. The zero-order chi connectivity index (χ0) is 17.8. The third-order valence-electron chi connectivity index (χ3n) is 4.13. The van der Waals surface area contributed by atoms with Crippen molar-refractivity contribution in [2.45, 2.75) is 26.3 Å². The highest BCUT2D eigenvalue weighted by atomic mass is 79.9. The van der Waals surface area contributed by atoms with Gasteiger partial charge in [0.2, 0.25) is 0 Å². The topological polar surface area (TPSA) is 84.3 Å². The largest absolute Gasteiger partial charge is 0.493 e. The summed E-state index contributed by atoms with van der Waals surface area (Å²) in [4.78, 5) is 11.6. The standard InChI is InChI=1S/C18H20BrN3O3/c1-2-20-9-13-15(25-10-11-3-4-11)6-5-14(19)16(13)12-7-8-21-22-17(12)18(23)24/h5-8,11,20H,2-4,9-10H2,1H3,(H,23,24). The van der Waals surface area contributed by atoms with Crippen LogP contribution >= 0.6 is 15.9 Å². The van der Waals surface area contributed by atoms with E-state index >= 15 is 0 Å². The first kappa shape index (κ1) is 17.8. The summed E-state index contributed by atoms with van der Waals surface area (Å²) in [6, 6.07) is 5.49. The molecule has 0 radical (unpaired) electrons. The van der Waals surface area contributed by atoms with Crippen LogP contribution in [0, 0.1) is 5.92 Å². The molecule has 1 aliphatic rings. The highest BCUT2D eigenvalue weighted by Crippen LogP contribution is 2.39. The number of aromatic nitrogens is 2. The Labute approximate surface area is 154 Å². The molecule has 7 heteroatoms. The Morgan fingerprint density at radius 1 is 1.40 bits per heavy atom. The molecule has 1 fully saturated rings. The van der Waals surface area contributed by atoms with Crippen LogP contribution in [0.1, 0.15) is 35.8 Å². The van der Waals surface area contributed by atoms with Gasteiger partial charge in [-0.3, -0.25) is 0 Å². The van der Waals surface area contributed by atoms with Crippen LogP contribution in [-0.2, 0) is 6.54 Å². The lowest BCUT2D eigenvalue weighted by atomic mass is 9.97. The molecular formula is C18H20BrN3O3. The third-order valence-corrected chi connectivity index (χ3v) is 4.80. The fraction of sp³-hybridized carbons (Fsp3) is 0.389. The number of rotatable bonds is 8. The van der Waals surface area contributed by atoms with Gasteiger partial charge in [-0.05, 0) is 43.5 Å². The highest BCUT2D eigenvalue weighted by molar-refractivity contribution is 9.10. The number of carboxylic acid groups (broad SMARTS) is 1. The lowest BCUT2D eigenvalue weighted by Crippen LogP contribution is -2.15. The van der Waals surface area contributed by atoms with Crippen LogP contribution in [0.5, 0.6) is 5.75 Å². The van der Waals surface area contributed by atoms with Crippen LogP contribution < -0.4 is 10.1 Å². The van der Waals surface area contributed by atoms with E-state index in [0.29, 0.717) is 24.6 Å². The monoisotopic (exact) mass is 405 g/mol. The Hall–Kier alpha value is -1.99. The van der Waals surface area contributed by atoms with Crippen molar-refractivity contribution in [2.24, 2.45) is 5.92 Å². The maximum absolute atomic E-state index is 11.6. The van der Waals surface area contributed by atoms with E-state index in [1.807, 2.05) is 19.1 Å². The first-order valence-electron chi connectivity index (χ1n) is 8.32. The van der Waals surface area contributed by atoms with Crippen LogP contribution in [0.25, 0.3) is 11.1 Å². The van der Waals surface area contributed by atoms with Crippen molar-refractivity contribution in [2.75, 3.05) is 13.2 Å². The summed E-state index contributed by atoms with van der Waals surface area (Å²) < 4.78 is 6.83. The van der Waals surface area contributed by atoms with Gasteiger partial charge in [0, 0.05) is 27.7 Å². The molecule has 0 amide bonds. The minimum Gasteiger partial charge on any atom is -0.493 e. The fourth-order valence-corrected chi connectivity index (χ4v) is 3.22. The van der Waals surface area contributed by atoms with Gasteiger partial charge in [-0.15, -0.1) is 5.10 Å². The van der Waals surface area contributed by atoms with Gasteiger partial charge in [-0.2, -0.15) is 5.10 Å². The minimum atomic E-state index is -1.10. The summed E-state index contributed by atoms with van der Waals surface area (Å²) in [7, 11) is 0. The molecule has 1 aromatic heterocycles. The molecule has 3 rings (SSSR count). The molecule has 1 aliphatic carbocycles. The Balaban J connectivity index is 2.09. The lowest BCUT2D eigenvalue weighted by molar-refractivity contribution is 0.0690. The van der Waals surface area contributed by atoms with Crippen LogP contribution in [0.3, 0.4) is 0 Å². The second-order valence-electron chi connectivity index (χ2n) is 6.03. The van der Waals surface area contributed by atoms with E-state index in [1.165, 1.54) is 19.0 Å². The number of benzene rings is 1. The summed E-state index contributed by atoms with van der Waals surface area (Å²) >= 11 is 3.56. The summed E-state index contributed by atoms with van der Waals surface area (Å²) in [5, 5.41) is 20.3. The van der Waals surface area contributed by atoms with Gasteiger partial charge in [-0.1, -0.05) is 22.9 Å². The average molecular weight is 406 g/mol. The molecule has 0 aliphatic heterocycles. The van der Waals surface area contributed by atoms with E-state index in [2.05, 4.69) is 31.4 Å². The molecular weight excluding hydrogens is 386 g/mol. The van der Waals surface area contributed by atoms with Crippen molar-refractivity contribution in [3.8, 4) is 16.9 Å². The zero-order valence-corrected chi connectivity index (χ0v) is 15.5. The molecule has 25 heavy (non-hydrogen) atoms. The van der Waals surface area contributed by atoms with E-state index in [-0.39, 0.29) is 5.69 Å². The van der Waals surface area contributed by atoms with Crippen LogP contribution in [-0.4, -0.2) is 34.4 Å². The van der Waals surface area contributed by atoms with Crippen molar-refractivity contribution in [1.82, 2.24) is 15.5 Å². The van der Waals surface area contributed by atoms with E-state index in [0.717, 1.165) is 27.9 Å². The summed E-state index contributed by atoms with van der Waals surface area (Å²) in [5.74, 6) is 0.309. The van der Waals surface area contributed by atoms with Crippen LogP contribution in [0.2, 0.25) is 0 Å². The van der Waals surface area contributed by atoms with Gasteiger partial charge in [0.25, 0.3) is 0 Å². The van der Waals surface area contributed by atoms with Crippen molar-refractivity contribution in [1.29, 1.82) is 0 Å². The van der Waals surface area contributed by atoms with Gasteiger partial charge in [0.05, 0.1) is 12.8 Å². The smallest absolute Gasteiger partial charge is 0.357 e. The molecule has 6 nitrogen and oxygen atoms in total. The summed E-state index contributed by atoms with van der Waals surface area (Å²) in [5.41, 5.74) is 2.16. The van der Waals surface area contributed by atoms with Gasteiger partial charge >= 0.3 is 5.97 Å². The number of hydrogen-bond donors (Lipinski definition) is 2. The molecule has 1 heterocycles. The van der Waals surface area contributed by atoms with Crippen molar-refractivity contribution in [3.63, 3.8) is 0 Å². The summed E-state index contributed by atoms with van der Waals surface area (Å²) in [6.07, 6.45) is 3.93. The van der Waals surface area contributed by atoms with Crippen molar-refractivity contribution >= 4 is 21.9 Å². The fourth-order valence-electron chi connectivity index (χ4n) is 2.64. The first-order chi connectivity index (χ1) is 12.1. The predicted octanol–water partition coefficient (Wildman–Crippen LogP) is 3.50. The molecule has 2 N–H and O–H groups in total. The van der Waals surface area contributed by atoms with Crippen LogP contribution in [0.15, 0.2) is 28.9 Å². The van der Waals surface area contributed by atoms with Crippen LogP contribution in [0.4, 0.5) is 0 Å². The molecule has 0 spiro atoms. The number of carboxylic acids is 1. The number of ether oxygens (including phenoxy) is 1. The molecule has 1 saturated carbocycles.